The lowest BCUT2D eigenvalue weighted by Gasteiger charge is -2.73. The minimum atomic E-state index is -4.37. The second-order valence-corrected chi connectivity index (χ2v) is 7.99. The molecular weight excluding hydrogens is 400 g/mol. The van der Waals surface area contributed by atoms with Gasteiger partial charge in [0.2, 0.25) is 0 Å². The Kier molecular flexibility index (Phi) is 4.37. The molecule has 3 saturated carbocycles. The van der Waals surface area contributed by atoms with Crippen LogP contribution in [0.2, 0.25) is 5.02 Å². The number of carbonyl (C=O) groups excluding carboxylic acids is 1. The zero-order valence-electron chi connectivity index (χ0n) is 14.7. The number of allylic oxidation sites excluding steroid dienone is 2. The molecule has 1 aromatic rings. The summed E-state index contributed by atoms with van der Waals surface area (Å²) in [6.45, 7) is 0.148. The summed E-state index contributed by atoms with van der Waals surface area (Å²) in [6, 6.07) is 3.90. The number of ether oxygens (including phenoxy) is 1. The first kappa shape index (κ1) is 19.1. The maximum Gasteiger partial charge on any atom is 0.417 e. The highest BCUT2D eigenvalue weighted by molar-refractivity contribution is 6.30. The SMILES string of the molecule is O=C(COc1ccc(Cl)c(F)c1)NC12CC(N3C=C(C(F)(F)F)C=CC3)(C1)C2. The van der Waals surface area contributed by atoms with E-state index in [2.05, 4.69) is 5.32 Å². The Morgan fingerprint density at radius 2 is 2.00 bits per heavy atom. The molecule has 0 radical (unpaired) electrons. The van der Waals surface area contributed by atoms with Crippen molar-refractivity contribution < 1.29 is 27.1 Å². The highest BCUT2D eigenvalue weighted by atomic mass is 35.5. The van der Waals surface area contributed by atoms with E-state index in [0.29, 0.717) is 25.8 Å². The van der Waals surface area contributed by atoms with Crippen LogP contribution in [-0.4, -0.2) is 41.2 Å². The van der Waals surface area contributed by atoms with Gasteiger partial charge in [-0.3, -0.25) is 4.79 Å². The normalized spacial score (nSPS) is 28.2. The molecule has 4 aliphatic rings. The van der Waals surface area contributed by atoms with Gasteiger partial charge in [0.25, 0.3) is 5.91 Å². The van der Waals surface area contributed by atoms with E-state index in [1.54, 1.807) is 4.90 Å². The number of rotatable bonds is 5. The minimum absolute atomic E-state index is 0.0359. The lowest BCUT2D eigenvalue weighted by Crippen LogP contribution is -2.83. The topological polar surface area (TPSA) is 41.6 Å². The van der Waals surface area contributed by atoms with Gasteiger partial charge in [0.05, 0.1) is 10.6 Å². The van der Waals surface area contributed by atoms with Crippen molar-refractivity contribution in [2.24, 2.45) is 0 Å². The van der Waals surface area contributed by atoms with Gasteiger partial charge >= 0.3 is 6.18 Å². The Balaban J connectivity index is 1.29. The number of amides is 1. The molecule has 150 valence electrons. The van der Waals surface area contributed by atoms with E-state index in [1.165, 1.54) is 24.4 Å². The summed E-state index contributed by atoms with van der Waals surface area (Å²) in [7, 11) is 0. The Bertz CT molecular complexity index is 861. The predicted octanol–water partition coefficient (Wildman–Crippen LogP) is 3.97. The van der Waals surface area contributed by atoms with Crippen molar-refractivity contribution in [3.8, 4) is 5.75 Å². The van der Waals surface area contributed by atoms with Gasteiger partial charge in [-0.25, -0.2) is 4.39 Å². The third-order valence-corrected chi connectivity index (χ3v) is 5.81. The van der Waals surface area contributed by atoms with Crippen LogP contribution in [0.15, 0.2) is 42.1 Å². The molecular formula is C19H17ClF4N2O2. The van der Waals surface area contributed by atoms with Gasteiger partial charge in [-0.05, 0) is 31.4 Å². The molecule has 1 aliphatic heterocycles. The quantitative estimate of drug-likeness (QED) is 0.739. The summed E-state index contributed by atoms with van der Waals surface area (Å²) in [5, 5.41) is 2.85. The van der Waals surface area contributed by atoms with Gasteiger partial charge in [0.15, 0.2) is 6.61 Å². The number of benzene rings is 1. The van der Waals surface area contributed by atoms with E-state index in [9.17, 15) is 22.4 Å². The predicted molar refractivity (Wildman–Crippen MR) is 94.3 cm³/mol. The van der Waals surface area contributed by atoms with Gasteiger partial charge in [-0.15, -0.1) is 0 Å². The number of nitrogens with zero attached hydrogens (tertiary/aromatic N) is 1. The number of alkyl halides is 3. The average Bonchev–Trinajstić information content (AvgIpc) is 2.57. The van der Waals surface area contributed by atoms with Crippen LogP contribution in [0.5, 0.6) is 5.75 Å². The summed E-state index contributed by atoms with van der Waals surface area (Å²) in [5.41, 5.74) is -1.38. The molecule has 0 aromatic heterocycles. The maximum absolute atomic E-state index is 13.4. The molecule has 5 rings (SSSR count). The van der Waals surface area contributed by atoms with E-state index in [1.807, 2.05) is 0 Å². The summed E-state index contributed by atoms with van der Waals surface area (Å²) < 4.78 is 57.4. The van der Waals surface area contributed by atoms with Gasteiger partial charge in [0, 0.05) is 29.9 Å². The fourth-order valence-corrected chi connectivity index (χ4v) is 4.39. The van der Waals surface area contributed by atoms with Gasteiger partial charge < -0.3 is 15.0 Å². The van der Waals surface area contributed by atoms with Crippen molar-refractivity contribution in [1.29, 1.82) is 0 Å². The van der Waals surface area contributed by atoms with Crippen LogP contribution < -0.4 is 10.1 Å². The van der Waals surface area contributed by atoms with Gasteiger partial charge in [-0.2, -0.15) is 13.2 Å². The molecule has 0 spiro atoms. The first-order chi connectivity index (χ1) is 13.1. The van der Waals surface area contributed by atoms with Crippen LogP contribution in [-0.2, 0) is 4.79 Å². The molecule has 2 bridgehead atoms. The molecule has 1 N–H and O–H groups in total. The lowest BCUT2D eigenvalue weighted by molar-refractivity contribution is -0.170. The third-order valence-electron chi connectivity index (χ3n) is 5.50. The molecule has 1 aromatic carbocycles. The molecule has 1 amide bonds. The highest BCUT2D eigenvalue weighted by Gasteiger charge is 2.70. The molecule has 4 nitrogen and oxygen atoms in total. The van der Waals surface area contributed by atoms with Crippen molar-refractivity contribution in [1.82, 2.24) is 10.2 Å². The van der Waals surface area contributed by atoms with Crippen LogP contribution in [0.1, 0.15) is 19.3 Å². The molecule has 0 unspecified atom stereocenters. The fourth-order valence-electron chi connectivity index (χ4n) is 4.27. The monoisotopic (exact) mass is 416 g/mol. The molecule has 9 heteroatoms. The third kappa shape index (κ3) is 3.34. The van der Waals surface area contributed by atoms with Crippen LogP contribution >= 0.6 is 11.6 Å². The van der Waals surface area contributed by atoms with E-state index >= 15 is 0 Å². The fraction of sp³-hybridized carbons (Fsp3) is 0.421. The second-order valence-electron chi connectivity index (χ2n) is 7.58. The van der Waals surface area contributed by atoms with Crippen molar-refractivity contribution in [3.63, 3.8) is 0 Å². The molecule has 3 aliphatic carbocycles. The van der Waals surface area contributed by atoms with Crippen molar-refractivity contribution in [2.45, 2.75) is 36.5 Å². The maximum atomic E-state index is 13.4. The second kappa shape index (κ2) is 6.40. The van der Waals surface area contributed by atoms with E-state index in [4.69, 9.17) is 16.3 Å². The highest BCUT2D eigenvalue weighted by Crippen LogP contribution is 2.64. The molecule has 0 saturated heterocycles. The Morgan fingerprint density at radius 1 is 1.29 bits per heavy atom. The van der Waals surface area contributed by atoms with Crippen molar-refractivity contribution in [3.05, 3.63) is 53.0 Å². The number of hydrogen-bond acceptors (Lipinski definition) is 3. The molecule has 28 heavy (non-hydrogen) atoms. The summed E-state index contributed by atoms with van der Waals surface area (Å²) >= 11 is 5.59. The number of hydrogen-bond donors (Lipinski definition) is 1. The molecule has 3 fully saturated rings. The van der Waals surface area contributed by atoms with E-state index < -0.39 is 17.6 Å². The van der Waals surface area contributed by atoms with Crippen LogP contribution in [0.25, 0.3) is 0 Å². The first-order valence-electron chi connectivity index (χ1n) is 8.72. The number of carbonyl (C=O) groups is 1. The number of halogens is 5. The Morgan fingerprint density at radius 3 is 2.64 bits per heavy atom. The lowest BCUT2D eigenvalue weighted by atomic mass is 9.43. The Labute approximate surface area is 163 Å². The average molecular weight is 417 g/mol. The van der Waals surface area contributed by atoms with E-state index in [-0.39, 0.29) is 34.4 Å². The zero-order valence-corrected chi connectivity index (χ0v) is 15.4. The molecule has 0 atom stereocenters. The van der Waals surface area contributed by atoms with Crippen molar-refractivity contribution >= 4 is 17.5 Å². The van der Waals surface area contributed by atoms with Crippen LogP contribution in [0, 0.1) is 5.82 Å². The largest absolute Gasteiger partial charge is 0.484 e. The number of nitrogens with one attached hydrogen (secondary N) is 1. The Hall–Kier alpha value is -2.22. The summed E-state index contributed by atoms with van der Waals surface area (Å²) in [4.78, 5) is 13.8. The van der Waals surface area contributed by atoms with Gasteiger partial charge in [-0.1, -0.05) is 23.8 Å². The van der Waals surface area contributed by atoms with Gasteiger partial charge in [0.1, 0.15) is 11.6 Å². The van der Waals surface area contributed by atoms with Crippen LogP contribution in [0.4, 0.5) is 17.6 Å². The zero-order chi connectivity index (χ0) is 20.2. The summed E-state index contributed by atoms with van der Waals surface area (Å²) in [6.07, 6.45) is 1.18. The molecule has 1 heterocycles. The standard InChI is InChI=1S/C19H17ClF4N2O2/c20-14-4-3-13(6-15(14)21)28-8-16(27)25-17-9-18(10-17,11-17)26-5-1-2-12(7-26)19(22,23)24/h1-4,6-7H,5,8-11H2,(H,25,27). The van der Waals surface area contributed by atoms with Crippen molar-refractivity contribution in [2.75, 3.05) is 13.2 Å². The summed E-state index contributed by atoms with van der Waals surface area (Å²) in [5.74, 6) is -0.799. The first-order valence-corrected chi connectivity index (χ1v) is 9.10. The smallest absolute Gasteiger partial charge is 0.417 e. The van der Waals surface area contributed by atoms with E-state index in [0.717, 1.165) is 12.1 Å². The van der Waals surface area contributed by atoms with Crippen LogP contribution in [0.3, 0.4) is 0 Å². The minimum Gasteiger partial charge on any atom is -0.484 e.